The second-order valence-corrected chi connectivity index (χ2v) is 8.02. The van der Waals surface area contributed by atoms with Crippen molar-refractivity contribution in [1.29, 1.82) is 0 Å². The number of likely N-dealkylation sites (N-methyl/N-ethyl adjacent to an activating group) is 1. The van der Waals surface area contributed by atoms with E-state index in [0.717, 1.165) is 31.5 Å². The second-order valence-electron chi connectivity index (χ2n) is 6.93. The SMILES string of the molecule is CN=C(NCC1CCCN1C)N1CCC(CSc2ccccc2)C1.I. The van der Waals surface area contributed by atoms with Crippen LogP contribution in [0.15, 0.2) is 40.2 Å². The molecular formula is C19H31IN4S. The summed E-state index contributed by atoms with van der Waals surface area (Å²) in [6, 6.07) is 11.4. The molecule has 2 heterocycles. The van der Waals surface area contributed by atoms with Gasteiger partial charge in [0.25, 0.3) is 0 Å². The lowest BCUT2D eigenvalue weighted by Crippen LogP contribution is -2.45. The van der Waals surface area contributed by atoms with Gasteiger partial charge in [-0.15, -0.1) is 35.7 Å². The highest BCUT2D eigenvalue weighted by Gasteiger charge is 2.26. The molecule has 6 heteroatoms. The highest BCUT2D eigenvalue weighted by Crippen LogP contribution is 2.26. The molecule has 2 aliphatic heterocycles. The smallest absolute Gasteiger partial charge is 0.193 e. The van der Waals surface area contributed by atoms with Crippen LogP contribution in [-0.2, 0) is 0 Å². The number of guanidine groups is 1. The van der Waals surface area contributed by atoms with Crippen LogP contribution in [0.3, 0.4) is 0 Å². The first-order valence-corrected chi connectivity index (χ1v) is 10.1. The monoisotopic (exact) mass is 474 g/mol. The predicted molar refractivity (Wildman–Crippen MR) is 119 cm³/mol. The second kappa shape index (κ2) is 10.6. The molecule has 0 saturated carbocycles. The number of nitrogens with zero attached hydrogens (tertiary/aromatic N) is 3. The molecule has 1 N–H and O–H groups in total. The third kappa shape index (κ3) is 6.03. The van der Waals surface area contributed by atoms with E-state index in [1.54, 1.807) is 0 Å². The van der Waals surface area contributed by atoms with Crippen LogP contribution in [0, 0.1) is 5.92 Å². The van der Waals surface area contributed by atoms with E-state index < -0.39 is 0 Å². The molecule has 2 fully saturated rings. The average molecular weight is 474 g/mol. The molecule has 2 aliphatic rings. The average Bonchev–Trinajstić information content (AvgIpc) is 3.24. The van der Waals surface area contributed by atoms with E-state index in [4.69, 9.17) is 0 Å². The lowest BCUT2D eigenvalue weighted by Gasteiger charge is -2.25. The Hall–Kier alpha value is -0.470. The molecule has 0 aliphatic carbocycles. The largest absolute Gasteiger partial charge is 0.355 e. The molecule has 4 nitrogen and oxygen atoms in total. The van der Waals surface area contributed by atoms with Gasteiger partial charge in [-0.1, -0.05) is 18.2 Å². The van der Waals surface area contributed by atoms with Crippen LogP contribution in [0.4, 0.5) is 0 Å². The van der Waals surface area contributed by atoms with Crippen molar-refractivity contribution < 1.29 is 0 Å². The number of thioether (sulfide) groups is 1. The van der Waals surface area contributed by atoms with Crippen molar-refractivity contribution in [3.05, 3.63) is 30.3 Å². The standard InChI is InChI=1S/C19H30N4S.HI/c1-20-19(21-13-17-7-6-11-22(17)2)23-12-10-16(14-23)15-24-18-8-4-3-5-9-18;/h3-5,8-9,16-17H,6-7,10-15H2,1-2H3,(H,20,21);1H. The fourth-order valence-electron chi connectivity index (χ4n) is 3.67. The normalized spacial score (nSPS) is 24.4. The minimum atomic E-state index is 0. The Bertz CT molecular complexity index is 539. The number of halogens is 1. The number of likely N-dealkylation sites (tertiary alicyclic amines) is 2. The molecule has 3 rings (SSSR count). The minimum absolute atomic E-state index is 0. The summed E-state index contributed by atoms with van der Waals surface area (Å²) in [5.74, 6) is 3.04. The first kappa shape index (κ1) is 20.8. The van der Waals surface area contributed by atoms with Crippen molar-refractivity contribution in [2.75, 3.05) is 46.0 Å². The molecule has 0 bridgehead atoms. The summed E-state index contributed by atoms with van der Waals surface area (Å²) in [6.45, 7) is 4.50. The summed E-state index contributed by atoms with van der Waals surface area (Å²) in [4.78, 5) is 10.8. The zero-order chi connectivity index (χ0) is 16.8. The molecule has 2 unspecified atom stereocenters. The van der Waals surface area contributed by atoms with Crippen molar-refractivity contribution in [3.63, 3.8) is 0 Å². The van der Waals surface area contributed by atoms with E-state index in [1.165, 1.54) is 36.5 Å². The van der Waals surface area contributed by atoms with E-state index in [1.807, 2.05) is 18.8 Å². The first-order valence-electron chi connectivity index (χ1n) is 9.10. The Labute approximate surface area is 173 Å². The Balaban J connectivity index is 0.00000225. The topological polar surface area (TPSA) is 30.9 Å². The van der Waals surface area contributed by atoms with Gasteiger partial charge >= 0.3 is 0 Å². The van der Waals surface area contributed by atoms with Gasteiger partial charge in [0, 0.05) is 43.4 Å². The number of hydrogen-bond donors (Lipinski definition) is 1. The Morgan fingerprint density at radius 1 is 1.24 bits per heavy atom. The maximum atomic E-state index is 4.51. The van der Waals surface area contributed by atoms with Gasteiger partial charge in [-0.25, -0.2) is 0 Å². The summed E-state index contributed by atoms with van der Waals surface area (Å²) in [7, 11) is 4.14. The third-order valence-electron chi connectivity index (χ3n) is 5.19. The van der Waals surface area contributed by atoms with Crippen LogP contribution in [0.25, 0.3) is 0 Å². The summed E-state index contributed by atoms with van der Waals surface area (Å²) < 4.78 is 0. The molecule has 0 aromatic heterocycles. The first-order chi connectivity index (χ1) is 11.8. The Kier molecular flexibility index (Phi) is 8.85. The number of rotatable bonds is 5. The summed E-state index contributed by atoms with van der Waals surface area (Å²) in [6.07, 6.45) is 3.89. The molecule has 140 valence electrons. The van der Waals surface area contributed by atoms with Gasteiger partial charge in [-0.3, -0.25) is 4.99 Å². The van der Waals surface area contributed by atoms with E-state index in [-0.39, 0.29) is 24.0 Å². The Morgan fingerprint density at radius 2 is 2.04 bits per heavy atom. The lowest BCUT2D eigenvalue weighted by atomic mass is 10.2. The van der Waals surface area contributed by atoms with Gasteiger partial charge in [0.1, 0.15) is 0 Å². The minimum Gasteiger partial charge on any atom is -0.355 e. The van der Waals surface area contributed by atoms with E-state index in [2.05, 4.69) is 57.5 Å². The summed E-state index contributed by atoms with van der Waals surface area (Å²) in [5.41, 5.74) is 0. The molecule has 0 spiro atoms. The highest BCUT2D eigenvalue weighted by molar-refractivity contribution is 14.0. The fraction of sp³-hybridized carbons (Fsp3) is 0.632. The van der Waals surface area contributed by atoms with Gasteiger partial charge < -0.3 is 15.1 Å². The molecule has 1 aromatic rings. The predicted octanol–water partition coefficient (Wildman–Crippen LogP) is 3.39. The number of nitrogens with one attached hydrogen (secondary N) is 1. The highest BCUT2D eigenvalue weighted by atomic mass is 127. The quantitative estimate of drug-likeness (QED) is 0.307. The Morgan fingerprint density at radius 3 is 2.72 bits per heavy atom. The fourth-order valence-corrected chi connectivity index (χ4v) is 4.72. The molecule has 2 atom stereocenters. The van der Waals surface area contributed by atoms with E-state index >= 15 is 0 Å². The van der Waals surface area contributed by atoms with Gasteiger partial charge in [0.05, 0.1) is 0 Å². The van der Waals surface area contributed by atoms with Crippen LogP contribution in [0.1, 0.15) is 19.3 Å². The molecule has 2 saturated heterocycles. The maximum absolute atomic E-state index is 4.51. The van der Waals surface area contributed by atoms with Crippen molar-refractivity contribution in [2.24, 2.45) is 10.9 Å². The third-order valence-corrected chi connectivity index (χ3v) is 6.44. The van der Waals surface area contributed by atoms with E-state index in [0.29, 0.717) is 6.04 Å². The maximum Gasteiger partial charge on any atom is 0.193 e. The van der Waals surface area contributed by atoms with Crippen molar-refractivity contribution in [3.8, 4) is 0 Å². The molecule has 0 amide bonds. The van der Waals surface area contributed by atoms with E-state index in [9.17, 15) is 0 Å². The van der Waals surface area contributed by atoms with Crippen molar-refractivity contribution in [1.82, 2.24) is 15.1 Å². The van der Waals surface area contributed by atoms with Gasteiger partial charge in [-0.2, -0.15) is 0 Å². The van der Waals surface area contributed by atoms with Crippen molar-refractivity contribution >= 4 is 41.7 Å². The molecule has 1 aromatic carbocycles. The number of aliphatic imine (C=N–C) groups is 1. The van der Waals surface area contributed by atoms with Crippen LogP contribution in [-0.4, -0.2) is 67.8 Å². The number of hydrogen-bond acceptors (Lipinski definition) is 3. The molecular weight excluding hydrogens is 443 g/mol. The van der Waals surface area contributed by atoms with Crippen LogP contribution in [0.2, 0.25) is 0 Å². The van der Waals surface area contributed by atoms with Crippen LogP contribution < -0.4 is 5.32 Å². The summed E-state index contributed by atoms with van der Waals surface area (Å²) in [5, 5.41) is 3.61. The van der Waals surface area contributed by atoms with Gasteiger partial charge in [0.15, 0.2) is 5.96 Å². The lowest BCUT2D eigenvalue weighted by molar-refractivity contribution is 0.307. The summed E-state index contributed by atoms with van der Waals surface area (Å²) >= 11 is 1.98. The molecule has 0 radical (unpaired) electrons. The zero-order valence-corrected chi connectivity index (χ0v) is 18.5. The zero-order valence-electron chi connectivity index (χ0n) is 15.4. The number of benzene rings is 1. The molecule has 25 heavy (non-hydrogen) atoms. The van der Waals surface area contributed by atoms with Crippen LogP contribution in [0.5, 0.6) is 0 Å². The van der Waals surface area contributed by atoms with Gasteiger partial charge in [-0.05, 0) is 50.9 Å². The van der Waals surface area contributed by atoms with Gasteiger partial charge in [0.2, 0.25) is 0 Å². The van der Waals surface area contributed by atoms with Crippen LogP contribution >= 0.6 is 35.7 Å². The van der Waals surface area contributed by atoms with Crippen molar-refractivity contribution in [2.45, 2.75) is 30.2 Å².